The second kappa shape index (κ2) is 6.04. The van der Waals surface area contributed by atoms with Crippen molar-refractivity contribution in [1.82, 2.24) is 9.88 Å². The third-order valence-electron chi connectivity index (χ3n) is 3.72. The first kappa shape index (κ1) is 15.0. The van der Waals surface area contributed by atoms with Crippen molar-refractivity contribution in [2.24, 2.45) is 7.05 Å². The van der Waals surface area contributed by atoms with E-state index in [9.17, 15) is 4.79 Å². The molecule has 6 heteroatoms. The van der Waals surface area contributed by atoms with Gasteiger partial charge in [-0.05, 0) is 40.0 Å². The third kappa shape index (κ3) is 2.97. The first-order valence-electron chi connectivity index (χ1n) is 6.99. The fourth-order valence-corrected chi connectivity index (χ4v) is 3.11. The van der Waals surface area contributed by atoms with Crippen LogP contribution in [0.1, 0.15) is 16.1 Å². The van der Waals surface area contributed by atoms with Crippen LogP contribution in [0.25, 0.3) is 0 Å². The van der Waals surface area contributed by atoms with E-state index < -0.39 is 0 Å². The first-order valence-corrected chi connectivity index (χ1v) is 7.78. The monoisotopic (exact) mass is 364 g/mol. The molecule has 1 aromatic heterocycles. The normalized spacial score (nSPS) is 16.6. The molecule has 0 radical (unpaired) electrons. The number of benzene rings is 1. The summed E-state index contributed by atoms with van der Waals surface area (Å²) < 4.78 is 13.6. The van der Waals surface area contributed by atoms with E-state index in [0.717, 1.165) is 28.0 Å². The second-order valence-corrected chi connectivity index (χ2v) is 6.23. The number of ether oxygens (including phenoxy) is 2. The summed E-state index contributed by atoms with van der Waals surface area (Å²) in [6.07, 6.45) is 2.60. The molecule has 2 heterocycles. The van der Waals surface area contributed by atoms with Crippen molar-refractivity contribution in [3.8, 4) is 11.5 Å². The Hall–Kier alpha value is -1.95. The molecule has 5 nitrogen and oxygen atoms in total. The van der Waals surface area contributed by atoms with E-state index in [1.54, 1.807) is 17.7 Å². The number of aromatic nitrogens is 1. The molecule has 22 heavy (non-hydrogen) atoms. The van der Waals surface area contributed by atoms with Crippen molar-refractivity contribution < 1.29 is 14.3 Å². The zero-order valence-electron chi connectivity index (χ0n) is 12.4. The number of nitrogens with zero attached hydrogens (tertiary/aromatic N) is 1. The van der Waals surface area contributed by atoms with Gasteiger partial charge in [-0.1, -0.05) is 6.07 Å². The Morgan fingerprint density at radius 3 is 2.95 bits per heavy atom. The Kier molecular flexibility index (Phi) is 4.11. The quantitative estimate of drug-likeness (QED) is 0.910. The van der Waals surface area contributed by atoms with Gasteiger partial charge in [-0.25, -0.2) is 0 Å². The van der Waals surface area contributed by atoms with Crippen LogP contribution in [0.5, 0.6) is 11.5 Å². The van der Waals surface area contributed by atoms with E-state index in [4.69, 9.17) is 9.47 Å². The zero-order valence-corrected chi connectivity index (χ0v) is 14.0. The lowest BCUT2D eigenvalue weighted by Gasteiger charge is -2.26. The van der Waals surface area contributed by atoms with Crippen molar-refractivity contribution in [2.75, 3.05) is 13.7 Å². The summed E-state index contributed by atoms with van der Waals surface area (Å²) in [6, 6.07) is 7.52. The summed E-state index contributed by atoms with van der Waals surface area (Å²) in [7, 11) is 3.48. The molecule has 116 valence electrons. The number of halogens is 1. The molecule has 0 saturated carbocycles. The van der Waals surface area contributed by atoms with E-state index in [0.29, 0.717) is 12.3 Å². The van der Waals surface area contributed by atoms with Gasteiger partial charge in [0.2, 0.25) is 0 Å². The number of rotatable bonds is 3. The van der Waals surface area contributed by atoms with Crippen LogP contribution in [-0.2, 0) is 13.5 Å². The van der Waals surface area contributed by atoms with Crippen LogP contribution >= 0.6 is 15.9 Å². The van der Waals surface area contributed by atoms with Crippen molar-refractivity contribution in [2.45, 2.75) is 12.5 Å². The Labute approximate surface area is 137 Å². The SMILES string of the molecule is COc1ccc2c(c1)OCC(NC(=O)c1cc(Br)cn1C)C2. The van der Waals surface area contributed by atoms with Crippen molar-refractivity contribution in [1.29, 1.82) is 0 Å². The molecule has 0 spiro atoms. The average Bonchev–Trinajstić information content (AvgIpc) is 2.85. The minimum absolute atomic E-state index is 0.0397. The number of fused-ring (bicyclic) bond motifs is 1. The van der Waals surface area contributed by atoms with Crippen LogP contribution in [0.4, 0.5) is 0 Å². The second-order valence-electron chi connectivity index (χ2n) is 5.31. The van der Waals surface area contributed by atoms with Crippen LogP contribution in [0.2, 0.25) is 0 Å². The smallest absolute Gasteiger partial charge is 0.268 e. The highest BCUT2D eigenvalue weighted by molar-refractivity contribution is 9.10. The number of nitrogens with one attached hydrogen (secondary N) is 1. The number of hydrogen-bond acceptors (Lipinski definition) is 3. The van der Waals surface area contributed by atoms with E-state index in [2.05, 4.69) is 21.2 Å². The lowest BCUT2D eigenvalue weighted by Crippen LogP contribution is -2.43. The molecule has 1 N–H and O–H groups in total. The number of carbonyl (C=O) groups is 1. The Morgan fingerprint density at radius 1 is 1.45 bits per heavy atom. The third-order valence-corrected chi connectivity index (χ3v) is 4.15. The van der Waals surface area contributed by atoms with Crippen LogP contribution in [0, 0.1) is 0 Å². The van der Waals surface area contributed by atoms with Gasteiger partial charge < -0.3 is 19.4 Å². The number of methoxy groups -OCH3 is 1. The number of hydrogen-bond donors (Lipinski definition) is 1. The van der Waals surface area contributed by atoms with E-state index in [1.165, 1.54) is 0 Å². The fourth-order valence-electron chi connectivity index (χ4n) is 2.58. The lowest BCUT2D eigenvalue weighted by molar-refractivity contribution is 0.0907. The summed E-state index contributed by atoms with van der Waals surface area (Å²) >= 11 is 3.37. The molecular formula is C16H17BrN2O3. The van der Waals surface area contributed by atoms with Crippen LogP contribution in [0.3, 0.4) is 0 Å². The average molecular weight is 365 g/mol. The highest BCUT2D eigenvalue weighted by Gasteiger charge is 2.23. The predicted octanol–water partition coefficient (Wildman–Crippen LogP) is 2.53. The van der Waals surface area contributed by atoms with Gasteiger partial charge in [0.05, 0.1) is 13.2 Å². The molecule has 1 aromatic carbocycles. The Balaban J connectivity index is 1.70. The molecule has 0 fully saturated rings. The minimum Gasteiger partial charge on any atom is -0.497 e. The molecule has 1 unspecified atom stereocenters. The number of aryl methyl sites for hydroxylation is 1. The van der Waals surface area contributed by atoms with Crippen LogP contribution in [0.15, 0.2) is 34.9 Å². The maximum atomic E-state index is 12.3. The summed E-state index contributed by atoms with van der Waals surface area (Å²) in [6.45, 7) is 0.456. The maximum absolute atomic E-state index is 12.3. The molecule has 1 aliphatic heterocycles. The van der Waals surface area contributed by atoms with Gasteiger partial charge in [-0.3, -0.25) is 4.79 Å². The Morgan fingerprint density at radius 2 is 2.27 bits per heavy atom. The van der Waals surface area contributed by atoms with Crippen molar-refractivity contribution in [3.05, 3.63) is 46.2 Å². The summed E-state index contributed by atoms with van der Waals surface area (Å²) in [5, 5.41) is 3.02. The molecule has 1 aliphatic rings. The molecule has 1 atom stereocenters. The molecule has 3 rings (SSSR count). The van der Waals surface area contributed by atoms with Crippen molar-refractivity contribution >= 4 is 21.8 Å². The van der Waals surface area contributed by atoms with Crippen LogP contribution < -0.4 is 14.8 Å². The molecular weight excluding hydrogens is 348 g/mol. The van der Waals surface area contributed by atoms with Crippen LogP contribution in [-0.4, -0.2) is 30.2 Å². The predicted molar refractivity (Wildman–Crippen MR) is 86.6 cm³/mol. The first-order chi connectivity index (χ1) is 10.6. The summed E-state index contributed by atoms with van der Waals surface area (Å²) in [4.78, 5) is 12.3. The zero-order chi connectivity index (χ0) is 15.7. The number of carbonyl (C=O) groups excluding carboxylic acids is 1. The van der Waals surface area contributed by atoms with E-state index >= 15 is 0 Å². The van der Waals surface area contributed by atoms with Gasteiger partial charge in [0.1, 0.15) is 23.8 Å². The van der Waals surface area contributed by atoms with Gasteiger partial charge in [0.25, 0.3) is 5.91 Å². The Bertz CT molecular complexity index is 711. The molecule has 0 saturated heterocycles. The summed E-state index contributed by atoms with van der Waals surface area (Å²) in [5.74, 6) is 1.50. The molecule has 0 bridgehead atoms. The topological polar surface area (TPSA) is 52.5 Å². The largest absolute Gasteiger partial charge is 0.497 e. The minimum atomic E-state index is -0.0984. The molecule has 2 aromatic rings. The van der Waals surface area contributed by atoms with Crippen molar-refractivity contribution in [3.63, 3.8) is 0 Å². The number of amides is 1. The molecule has 0 aliphatic carbocycles. The van der Waals surface area contributed by atoms with Gasteiger partial charge in [0.15, 0.2) is 0 Å². The maximum Gasteiger partial charge on any atom is 0.268 e. The van der Waals surface area contributed by atoms with Gasteiger partial charge >= 0.3 is 0 Å². The van der Waals surface area contributed by atoms with Gasteiger partial charge in [-0.2, -0.15) is 0 Å². The van der Waals surface area contributed by atoms with E-state index in [1.807, 2.05) is 31.4 Å². The van der Waals surface area contributed by atoms with Gasteiger partial charge in [-0.15, -0.1) is 0 Å². The lowest BCUT2D eigenvalue weighted by atomic mass is 10.0. The summed E-state index contributed by atoms with van der Waals surface area (Å²) in [5.41, 5.74) is 1.69. The highest BCUT2D eigenvalue weighted by atomic mass is 79.9. The van der Waals surface area contributed by atoms with E-state index in [-0.39, 0.29) is 11.9 Å². The molecule has 1 amide bonds. The van der Waals surface area contributed by atoms with Gasteiger partial charge in [0, 0.05) is 23.8 Å². The standard InChI is InChI=1S/C16H17BrN2O3/c1-19-8-11(17)6-14(19)16(20)18-12-5-10-3-4-13(21-2)7-15(10)22-9-12/h3-4,6-8,12H,5,9H2,1-2H3,(H,18,20). The highest BCUT2D eigenvalue weighted by Crippen LogP contribution is 2.29. The fraction of sp³-hybridized carbons (Fsp3) is 0.312.